The molecule has 0 aliphatic rings. The van der Waals surface area contributed by atoms with E-state index in [-0.39, 0.29) is 11.9 Å². The zero-order valence-corrected chi connectivity index (χ0v) is 11.5. The van der Waals surface area contributed by atoms with Crippen LogP contribution in [0, 0.1) is 0 Å². The van der Waals surface area contributed by atoms with Crippen molar-refractivity contribution in [2.75, 3.05) is 7.11 Å². The van der Waals surface area contributed by atoms with Crippen LogP contribution < -0.4 is 10.1 Å². The topological polar surface area (TPSA) is 51.5 Å². The summed E-state index contributed by atoms with van der Waals surface area (Å²) in [4.78, 5) is 11.9. The summed E-state index contributed by atoms with van der Waals surface area (Å²) in [6, 6.07) is 5.81. The minimum atomic E-state index is 0.0212. The van der Waals surface area contributed by atoms with Crippen LogP contribution in [0.4, 0.5) is 0 Å². The summed E-state index contributed by atoms with van der Waals surface area (Å²) < 4.78 is 10.6. The molecule has 19 heavy (non-hydrogen) atoms. The van der Waals surface area contributed by atoms with Crippen LogP contribution in [0.2, 0.25) is 0 Å². The van der Waals surface area contributed by atoms with Gasteiger partial charge in [0.15, 0.2) is 0 Å². The minimum absolute atomic E-state index is 0.0212. The van der Waals surface area contributed by atoms with E-state index in [1.54, 1.807) is 13.4 Å². The van der Waals surface area contributed by atoms with E-state index in [4.69, 9.17) is 9.15 Å². The van der Waals surface area contributed by atoms with Crippen LogP contribution in [0.25, 0.3) is 11.0 Å². The highest BCUT2D eigenvalue weighted by Gasteiger charge is 2.12. The van der Waals surface area contributed by atoms with E-state index in [2.05, 4.69) is 5.32 Å². The van der Waals surface area contributed by atoms with Gasteiger partial charge in [-0.15, -0.1) is 0 Å². The molecule has 1 atom stereocenters. The fourth-order valence-corrected chi connectivity index (χ4v) is 1.93. The van der Waals surface area contributed by atoms with Crippen molar-refractivity contribution >= 4 is 16.9 Å². The molecule has 2 aromatic rings. The van der Waals surface area contributed by atoms with Crippen LogP contribution in [0.15, 0.2) is 28.9 Å². The number of methoxy groups -OCH3 is 1. The number of amides is 1. The van der Waals surface area contributed by atoms with Gasteiger partial charge in [0.05, 0.1) is 19.8 Å². The lowest BCUT2D eigenvalue weighted by atomic mass is 10.1. The number of nitrogens with one attached hydrogen (secondary N) is 1. The van der Waals surface area contributed by atoms with Crippen molar-refractivity contribution in [2.45, 2.75) is 32.7 Å². The third-order valence-electron chi connectivity index (χ3n) is 3.23. The number of fused-ring (bicyclic) bond motifs is 1. The first-order valence-electron chi connectivity index (χ1n) is 6.47. The first-order chi connectivity index (χ1) is 9.13. The standard InChI is InChI=1S/C15H19NO3/c1-4-10(2)16-15(17)7-11-9-19-14-8-12(18-3)5-6-13(11)14/h5-6,8-10H,4,7H2,1-3H3,(H,16,17)/t10-/m1/s1. The molecule has 4 nitrogen and oxygen atoms in total. The average molecular weight is 261 g/mol. The van der Waals surface area contributed by atoms with Crippen LogP contribution in [-0.4, -0.2) is 19.1 Å². The normalized spacial score (nSPS) is 12.4. The molecule has 0 aliphatic carbocycles. The maximum absolute atomic E-state index is 11.9. The summed E-state index contributed by atoms with van der Waals surface area (Å²) in [5.74, 6) is 0.769. The van der Waals surface area contributed by atoms with Crippen LogP contribution in [0.3, 0.4) is 0 Å². The molecule has 0 fully saturated rings. The Morgan fingerprint density at radius 1 is 1.47 bits per heavy atom. The van der Waals surface area contributed by atoms with Gasteiger partial charge in [0, 0.05) is 23.1 Å². The third-order valence-corrected chi connectivity index (χ3v) is 3.23. The molecule has 102 valence electrons. The van der Waals surface area contributed by atoms with Crippen LogP contribution in [0.1, 0.15) is 25.8 Å². The van der Waals surface area contributed by atoms with Gasteiger partial charge in [-0.2, -0.15) is 0 Å². The van der Waals surface area contributed by atoms with Crippen molar-refractivity contribution < 1.29 is 13.9 Å². The van der Waals surface area contributed by atoms with Crippen LogP contribution in [0.5, 0.6) is 5.75 Å². The van der Waals surface area contributed by atoms with Gasteiger partial charge < -0.3 is 14.5 Å². The molecule has 0 saturated heterocycles. The van der Waals surface area contributed by atoms with Crippen molar-refractivity contribution in [2.24, 2.45) is 0 Å². The zero-order chi connectivity index (χ0) is 13.8. The van der Waals surface area contributed by atoms with Gasteiger partial charge in [-0.05, 0) is 25.5 Å². The van der Waals surface area contributed by atoms with Gasteiger partial charge in [-0.3, -0.25) is 4.79 Å². The molecule has 0 bridgehead atoms. The Morgan fingerprint density at radius 3 is 2.95 bits per heavy atom. The second kappa shape index (κ2) is 5.78. The van der Waals surface area contributed by atoms with Gasteiger partial charge in [-0.1, -0.05) is 6.92 Å². The summed E-state index contributed by atoms with van der Waals surface area (Å²) in [5, 5.41) is 3.91. The molecule has 4 heteroatoms. The van der Waals surface area contributed by atoms with E-state index in [0.29, 0.717) is 6.42 Å². The van der Waals surface area contributed by atoms with Gasteiger partial charge in [0.25, 0.3) is 0 Å². The molecular weight excluding hydrogens is 242 g/mol. The number of hydrogen-bond acceptors (Lipinski definition) is 3. The Kier molecular flexibility index (Phi) is 4.10. The zero-order valence-electron chi connectivity index (χ0n) is 11.5. The number of carbonyl (C=O) groups is 1. The van der Waals surface area contributed by atoms with E-state index in [1.165, 1.54) is 0 Å². The van der Waals surface area contributed by atoms with E-state index in [0.717, 1.165) is 28.7 Å². The predicted octanol–water partition coefficient (Wildman–Crippen LogP) is 2.90. The minimum Gasteiger partial charge on any atom is -0.497 e. The Hall–Kier alpha value is -1.97. The number of furan rings is 1. The van der Waals surface area contributed by atoms with E-state index >= 15 is 0 Å². The third kappa shape index (κ3) is 3.08. The second-order valence-corrected chi connectivity index (χ2v) is 4.68. The van der Waals surface area contributed by atoms with Crippen LogP contribution in [-0.2, 0) is 11.2 Å². The molecule has 0 aliphatic heterocycles. The summed E-state index contributed by atoms with van der Waals surface area (Å²) in [6.45, 7) is 4.04. The molecule has 0 saturated carbocycles. The number of ether oxygens (including phenoxy) is 1. The maximum atomic E-state index is 11.9. The van der Waals surface area contributed by atoms with Crippen molar-refractivity contribution in [3.05, 3.63) is 30.0 Å². The van der Waals surface area contributed by atoms with Crippen molar-refractivity contribution in [3.8, 4) is 5.75 Å². The second-order valence-electron chi connectivity index (χ2n) is 4.68. The van der Waals surface area contributed by atoms with Gasteiger partial charge in [-0.25, -0.2) is 0 Å². The van der Waals surface area contributed by atoms with Crippen molar-refractivity contribution in [1.29, 1.82) is 0 Å². The highest BCUT2D eigenvalue weighted by molar-refractivity contribution is 5.88. The monoisotopic (exact) mass is 261 g/mol. The molecule has 0 unspecified atom stereocenters. The molecule has 1 N–H and O–H groups in total. The largest absolute Gasteiger partial charge is 0.497 e. The van der Waals surface area contributed by atoms with Crippen molar-refractivity contribution in [1.82, 2.24) is 5.32 Å². The Labute approximate surface area is 112 Å². The average Bonchev–Trinajstić information content (AvgIpc) is 2.80. The van der Waals surface area contributed by atoms with Gasteiger partial charge in [0.1, 0.15) is 11.3 Å². The van der Waals surface area contributed by atoms with Crippen LogP contribution >= 0.6 is 0 Å². The van der Waals surface area contributed by atoms with Gasteiger partial charge >= 0.3 is 0 Å². The molecule has 2 rings (SSSR count). The first-order valence-corrected chi connectivity index (χ1v) is 6.47. The summed E-state index contributed by atoms with van der Waals surface area (Å²) in [6.07, 6.45) is 2.90. The lowest BCUT2D eigenvalue weighted by Gasteiger charge is -2.10. The number of benzene rings is 1. The Bertz CT molecular complexity index is 574. The lowest BCUT2D eigenvalue weighted by Crippen LogP contribution is -2.33. The quantitative estimate of drug-likeness (QED) is 0.900. The van der Waals surface area contributed by atoms with Crippen molar-refractivity contribution in [3.63, 3.8) is 0 Å². The Morgan fingerprint density at radius 2 is 2.26 bits per heavy atom. The predicted molar refractivity (Wildman–Crippen MR) is 74.4 cm³/mol. The molecule has 0 spiro atoms. The SMILES string of the molecule is CC[C@@H](C)NC(=O)Cc1coc2cc(OC)ccc12. The highest BCUT2D eigenvalue weighted by Crippen LogP contribution is 2.25. The molecular formula is C15H19NO3. The highest BCUT2D eigenvalue weighted by atomic mass is 16.5. The number of hydrogen-bond donors (Lipinski definition) is 1. The van der Waals surface area contributed by atoms with E-state index in [1.807, 2.05) is 32.0 Å². The molecule has 1 aromatic carbocycles. The number of carbonyl (C=O) groups excluding carboxylic acids is 1. The number of rotatable bonds is 5. The maximum Gasteiger partial charge on any atom is 0.224 e. The molecule has 1 heterocycles. The van der Waals surface area contributed by atoms with Gasteiger partial charge in [0.2, 0.25) is 5.91 Å². The van der Waals surface area contributed by atoms with E-state index in [9.17, 15) is 4.79 Å². The summed E-state index contributed by atoms with van der Waals surface area (Å²) >= 11 is 0. The smallest absolute Gasteiger partial charge is 0.224 e. The molecule has 1 aromatic heterocycles. The fourth-order valence-electron chi connectivity index (χ4n) is 1.93. The molecule has 0 radical (unpaired) electrons. The lowest BCUT2D eigenvalue weighted by molar-refractivity contribution is -0.121. The Balaban J connectivity index is 2.15. The fraction of sp³-hybridized carbons (Fsp3) is 0.400. The van der Waals surface area contributed by atoms with E-state index < -0.39 is 0 Å². The first kappa shape index (κ1) is 13.5. The summed E-state index contributed by atoms with van der Waals surface area (Å²) in [5.41, 5.74) is 1.64. The molecule has 1 amide bonds. The summed E-state index contributed by atoms with van der Waals surface area (Å²) in [7, 11) is 1.62.